The van der Waals surface area contributed by atoms with Crippen LogP contribution in [0.3, 0.4) is 0 Å². The number of rotatable bonds is 8. The van der Waals surface area contributed by atoms with Gasteiger partial charge in [0.15, 0.2) is 0 Å². The predicted molar refractivity (Wildman–Crippen MR) is 95.5 cm³/mol. The van der Waals surface area contributed by atoms with E-state index in [4.69, 9.17) is 0 Å². The molecule has 0 amide bonds. The minimum Gasteiger partial charge on any atom is -0.317 e. The van der Waals surface area contributed by atoms with Crippen molar-refractivity contribution in [3.63, 3.8) is 0 Å². The molecule has 0 spiro atoms. The van der Waals surface area contributed by atoms with E-state index >= 15 is 0 Å². The summed E-state index contributed by atoms with van der Waals surface area (Å²) >= 11 is 0. The third-order valence-corrected chi connectivity index (χ3v) is 3.83. The van der Waals surface area contributed by atoms with E-state index in [2.05, 4.69) is 26.1 Å². The maximum atomic E-state index is 3.32. The second-order valence-corrected chi connectivity index (χ2v) is 5.91. The molecule has 1 fully saturated rings. The van der Waals surface area contributed by atoms with E-state index in [1.54, 1.807) is 0 Å². The molecule has 1 aliphatic heterocycles. The van der Waals surface area contributed by atoms with Gasteiger partial charge in [-0.3, -0.25) is 0 Å². The Morgan fingerprint density at radius 3 is 1.30 bits per heavy atom. The van der Waals surface area contributed by atoms with E-state index in [-0.39, 0.29) is 0 Å². The normalized spacial score (nSPS) is 14.8. The third-order valence-electron chi connectivity index (χ3n) is 3.83. The van der Waals surface area contributed by atoms with Gasteiger partial charge in [-0.2, -0.15) is 0 Å². The van der Waals surface area contributed by atoms with Gasteiger partial charge in [-0.25, -0.2) is 0 Å². The molecule has 20 heavy (non-hydrogen) atoms. The molecule has 124 valence electrons. The zero-order valence-electron chi connectivity index (χ0n) is 15.3. The molecule has 0 bridgehead atoms. The van der Waals surface area contributed by atoms with Crippen molar-refractivity contribution in [3.8, 4) is 0 Å². The van der Waals surface area contributed by atoms with Crippen molar-refractivity contribution in [1.29, 1.82) is 0 Å². The van der Waals surface area contributed by atoms with Crippen LogP contribution in [0.2, 0.25) is 0 Å². The van der Waals surface area contributed by atoms with E-state index in [1.165, 1.54) is 83.7 Å². The molecular formula is C19H43N. The van der Waals surface area contributed by atoms with Crippen molar-refractivity contribution < 1.29 is 0 Å². The number of piperidine rings is 1. The van der Waals surface area contributed by atoms with Gasteiger partial charge in [-0.15, -0.1) is 0 Å². The number of hydrogen-bond donors (Lipinski definition) is 1. The Morgan fingerprint density at radius 2 is 1.05 bits per heavy atom. The average Bonchev–Trinajstić information content (AvgIpc) is 2.50. The van der Waals surface area contributed by atoms with E-state index < -0.39 is 0 Å². The molecule has 0 aliphatic carbocycles. The highest BCUT2D eigenvalue weighted by atomic mass is 14.9. The van der Waals surface area contributed by atoms with Crippen LogP contribution in [-0.2, 0) is 0 Å². The van der Waals surface area contributed by atoms with Gasteiger partial charge in [0.1, 0.15) is 0 Å². The topological polar surface area (TPSA) is 12.0 Å². The second kappa shape index (κ2) is 21.3. The minimum atomic E-state index is 0.973. The Morgan fingerprint density at radius 1 is 0.700 bits per heavy atom. The van der Waals surface area contributed by atoms with Crippen LogP contribution >= 0.6 is 0 Å². The highest BCUT2D eigenvalue weighted by Crippen LogP contribution is 2.09. The van der Waals surface area contributed by atoms with Crippen LogP contribution < -0.4 is 5.32 Å². The van der Waals surface area contributed by atoms with Gasteiger partial charge in [-0.05, 0) is 31.8 Å². The molecule has 0 unspecified atom stereocenters. The monoisotopic (exact) mass is 285 g/mol. The number of hydrogen-bond acceptors (Lipinski definition) is 1. The highest BCUT2D eigenvalue weighted by Gasteiger charge is 2.05. The third kappa shape index (κ3) is 20.3. The lowest BCUT2D eigenvalue weighted by atomic mass is 10.0. The largest absolute Gasteiger partial charge is 0.317 e. The molecule has 0 radical (unpaired) electrons. The van der Waals surface area contributed by atoms with E-state index in [0.717, 1.165) is 5.92 Å². The molecule has 0 aromatic carbocycles. The molecule has 0 atom stereocenters. The molecule has 1 N–H and O–H groups in total. The first kappa shape index (κ1) is 22.2. The maximum Gasteiger partial charge on any atom is -0.00464 e. The van der Waals surface area contributed by atoms with Gasteiger partial charge in [-0.1, -0.05) is 92.4 Å². The summed E-state index contributed by atoms with van der Waals surface area (Å²) in [6.07, 6.45) is 15.7. The van der Waals surface area contributed by atoms with Crippen molar-refractivity contribution in [3.05, 3.63) is 0 Å². The molecule has 1 nitrogen and oxygen atoms in total. The summed E-state index contributed by atoms with van der Waals surface area (Å²) in [7, 11) is 0. The molecule has 0 saturated carbocycles. The molecule has 0 aromatic rings. The first-order chi connectivity index (χ1) is 9.81. The van der Waals surface area contributed by atoms with Gasteiger partial charge in [0.25, 0.3) is 0 Å². The van der Waals surface area contributed by atoms with Gasteiger partial charge in [0.05, 0.1) is 0 Å². The summed E-state index contributed by atoms with van der Waals surface area (Å²) in [4.78, 5) is 0. The molecule has 1 heteroatoms. The molecular weight excluding hydrogens is 242 g/mol. The fraction of sp³-hybridized carbons (Fsp3) is 1.00. The molecule has 1 saturated heterocycles. The lowest BCUT2D eigenvalue weighted by Crippen LogP contribution is -2.26. The van der Waals surface area contributed by atoms with Gasteiger partial charge < -0.3 is 5.32 Å². The SMILES string of the molecule is CC.CC1CCNCC1.CCCCCCCCCCC. The van der Waals surface area contributed by atoms with Crippen LogP contribution in [0, 0.1) is 5.92 Å². The smallest absolute Gasteiger partial charge is 0.00464 e. The summed E-state index contributed by atoms with van der Waals surface area (Å²) < 4.78 is 0. The Kier molecular flexibility index (Phi) is 23.6. The van der Waals surface area contributed by atoms with Crippen LogP contribution in [0.15, 0.2) is 0 Å². The Hall–Kier alpha value is -0.0400. The van der Waals surface area contributed by atoms with Crippen LogP contribution in [0.1, 0.15) is 105 Å². The van der Waals surface area contributed by atoms with E-state index in [1.807, 2.05) is 13.8 Å². The first-order valence-corrected chi connectivity index (χ1v) is 9.52. The van der Waals surface area contributed by atoms with Gasteiger partial charge in [0, 0.05) is 0 Å². The van der Waals surface area contributed by atoms with E-state index in [9.17, 15) is 0 Å². The van der Waals surface area contributed by atoms with E-state index in [0.29, 0.717) is 0 Å². The molecule has 1 heterocycles. The summed E-state index contributed by atoms with van der Waals surface area (Å²) in [6, 6.07) is 0. The summed E-state index contributed by atoms with van der Waals surface area (Å²) in [5.74, 6) is 0.973. The Balaban J connectivity index is 0. The molecule has 0 aromatic heterocycles. The standard InChI is InChI=1S/C11H24.C6H13N.C2H6/c1-3-5-7-9-11-10-8-6-4-2;1-6-2-4-7-5-3-6;1-2/h3-11H2,1-2H3;6-7H,2-5H2,1H3;1-2H3. The second-order valence-electron chi connectivity index (χ2n) is 5.91. The van der Waals surface area contributed by atoms with Crippen molar-refractivity contribution in [1.82, 2.24) is 5.32 Å². The van der Waals surface area contributed by atoms with Crippen LogP contribution in [0.25, 0.3) is 0 Å². The Labute approximate surface area is 130 Å². The quantitative estimate of drug-likeness (QED) is 0.497. The van der Waals surface area contributed by atoms with Gasteiger partial charge in [0.2, 0.25) is 0 Å². The van der Waals surface area contributed by atoms with Gasteiger partial charge >= 0.3 is 0 Å². The molecule has 1 rings (SSSR count). The average molecular weight is 286 g/mol. The fourth-order valence-electron chi connectivity index (χ4n) is 2.35. The zero-order chi connectivity index (χ0) is 15.5. The summed E-state index contributed by atoms with van der Waals surface area (Å²) in [5, 5.41) is 3.32. The van der Waals surface area contributed by atoms with Crippen molar-refractivity contribution in [2.24, 2.45) is 5.92 Å². The first-order valence-electron chi connectivity index (χ1n) is 9.52. The number of unbranched alkanes of at least 4 members (excludes halogenated alkanes) is 8. The fourth-order valence-corrected chi connectivity index (χ4v) is 2.35. The predicted octanol–water partition coefficient (Wildman–Crippen LogP) is 6.57. The number of nitrogens with one attached hydrogen (secondary N) is 1. The lowest BCUT2D eigenvalue weighted by molar-refractivity contribution is 0.402. The maximum absolute atomic E-state index is 3.32. The summed E-state index contributed by atoms with van der Waals surface area (Å²) in [5.41, 5.74) is 0. The van der Waals surface area contributed by atoms with Crippen molar-refractivity contribution in [2.75, 3.05) is 13.1 Å². The molecule has 1 aliphatic rings. The zero-order valence-corrected chi connectivity index (χ0v) is 15.3. The minimum absolute atomic E-state index is 0.973. The van der Waals surface area contributed by atoms with Crippen LogP contribution in [-0.4, -0.2) is 13.1 Å². The van der Waals surface area contributed by atoms with Crippen LogP contribution in [0.5, 0.6) is 0 Å². The Bertz CT molecular complexity index is 131. The van der Waals surface area contributed by atoms with Crippen molar-refractivity contribution >= 4 is 0 Å². The lowest BCUT2D eigenvalue weighted by Gasteiger charge is -2.17. The highest BCUT2D eigenvalue weighted by molar-refractivity contribution is 4.62. The summed E-state index contributed by atoms with van der Waals surface area (Å²) in [6.45, 7) is 13.3. The van der Waals surface area contributed by atoms with Crippen LogP contribution in [0.4, 0.5) is 0 Å². The van der Waals surface area contributed by atoms with Crippen molar-refractivity contribution in [2.45, 2.75) is 105 Å².